The Morgan fingerprint density at radius 1 is 1.32 bits per heavy atom. The molecule has 1 fully saturated rings. The van der Waals surface area contributed by atoms with Gasteiger partial charge in [-0.15, -0.1) is 0 Å². The first kappa shape index (κ1) is 12.8. The van der Waals surface area contributed by atoms with Crippen LogP contribution < -0.4 is 5.32 Å². The highest BCUT2D eigenvalue weighted by molar-refractivity contribution is 7.19. The highest BCUT2D eigenvalue weighted by Gasteiger charge is 2.18. The Bertz CT molecular complexity index is 578. The van der Waals surface area contributed by atoms with E-state index in [0.717, 1.165) is 21.4 Å². The third-order valence-corrected chi connectivity index (χ3v) is 4.63. The van der Waals surface area contributed by atoms with Crippen LogP contribution in [-0.4, -0.2) is 21.0 Å². The smallest absolute Gasteiger partial charge is 0.222 e. The van der Waals surface area contributed by atoms with Gasteiger partial charge in [-0.05, 0) is 37.4 Å². The van der Waals surface area contributed by atoms with Crippen LogP contribution in [0, 0.1) is 6.92 Å². The molecule has 2 heterocycles. The number of hydrogen-bond acceptors (Lipinski definition) is 5. The van der Waals surface area contributed by atoms with E-state index in [1.165, 1.54) is 25.7 Å². The molecule has 3 rings (SSSR count). The van der Waals surface area contributed by atoms with Crippen LogP contribution in [0.3, 0.4) is 0 Å². The van der Waals surface area contributed by atoms with Crippen LogP contribution in [0.15, 0.2) is 12.3 Å². The lowest BCUT2D eigenvalue weighted by atomic mass is 10.3. The van der Waals surface area contributed by atoms with Gasteiger partial charge in [0.05, 0.1) is 16.3 Å². The minimum Gasteiger partial charge on any atom is -0.359 e. The van der Waals surface area contributed by atoms with Crippen molar-refractivity contribution in [3.05, 3.63) is 23.2 Å². The molecule has 1 aliphatic rings. The number of aromatic nitrogens is 3. The van der Waals surface area contributed by atoms with Crippen LogP contribution in [0.1, 0.15) is 31.4 Å². The predicted molar refractivity (Wildman–Crippen MR) is 78.8 cm³/mol. The molecule has 2 aromatic rings. The fourth-order valence-electron chi connectivity index (χ4n) is 2.40. The normalized spacial score (nSPS) is 15.9. The van der Waals surface area contributed by atoms with Gasteiger partial charge in [-0.2, -0.15) is 0 Å². The number of nitrogens with one attached hydrogen (secondary N) is 1. The van der Waals surface area contributed by atoms with Crippen LogP contribution in [0.2, 0.25) is 5.28 Å². The first-order valence-corrected chi connectivity index (χ1v) is 7.65. The molecule has 6 heteroatoms. The van der Waals surface area contributed by atoms with Crippen molar-refractivity contribution in [3.8, 4) is 10.6 Å². The summed E-state index contributed by atoms with van der Waals surface area (Å²) in [6, 6.07) is 2.44. The fourth-order valence-corrected chi connectivity index (χ4v) is 3.56. The Morgan fingerprint density at radius 2 is 2.11 bits per heavy atom. The van der Waals surface area contributed by atoms with Crippen molar-refractivity contribution in [1.82, 2.24) is 15.0 Å². The van der Waals surface area contributed by atoms with E-state index in [1.54, 1.807) is 17.5 Å². The van der Waals surface area contributed by atoms with Crippen molar-refractivity contribution in [2.24, 2.45) is 0 Å². The summed E-state index contributed by atoms with van der Waals surface area (Å²) in [5.41, 5.74) is 1.83. The molecule has 1 saturated carbocycles. The first-order valence-electron chi connectivity index (χ1n) is 6.45. The molecular formula is C13H15ClN4S. The molecule has 0 unspecified atom stereocenters. The first-order chi connectivity index (χ1) is 9.22. The van der Waals surface area contributed by atoms with E-state index in [0.29, 0.717) is 6.04 Å². The zero-order valence-electron chi connectivity index (χ0n) is 10.7. The molecule has 0 amide bonds. The van der Waals surface area contributed by atoms with Gasteiger partial charge in [0.1, 0.15) is 0 Å². The molecule has 4 nitrogen and oxygen atoms in total. The fraction of sp³-hybridized carbons (Fsp3) is 0.462. The Labute approximate surface area is 121 Å². The van der Waals surface area contributed by atoms with Crippen molar-refractivity contribution in [2.45, 2.75) is 38.6 Å². The van der Waals surface area contributed by atoms with Gasteiger partial charge in [-0.25, -0.2) is 15.0 Å². The second kappa shape index (κ2) is 5.43. The van der Waals surface area contributed by atoms with Crippen molar-refractivity contribution in [3.63, 3.8) is 0 Å². The lowest BCUT2D eigenvalue weighted by Gasteiger charge is -2.09. The second-order valence-corrected chi connectivity index (χ2v) is 6.11. The summed E-state index contributed by atoms with van der Waals surface area (Å²) in [6.07, 6.45) is 6.79. The lowest BCUT2D eigenvalue weighted by molar-refractivity contribution is 0.754. The summed E-state index contributed by atoms with van der Waals surface area (Å²) in [5.74, 6) is 0. The average molecular weight is 295 g/mol. The van der Waals surface area contributed by atoms with E-state index in [1.807, 2.05) is 13.0 Å². The van der Waals surface area contributed by atoms with Crippen molar-refractivity contribution >= 4 is 28.1 Å². The highest BCUT2D eigenvalue weighted by Crippen LogP contribution is 2.33. The van der Waals surface area contributed by atoms with Gasteiger partial charge in [0.25, 0.3) is 0 Å². The standard InChI is InChI=1S/C13H15ClN4S/c1-8-11(10-6-7-15-12(14)18-10)19-13(16-8)17-9-4-2-3-5-9/h6-7,9H,2-5H2,1H3,(H,16,17). The van der Waals surface area contributed by atoms with E-state index in [9.17, 15) is 0 Å². The van der Waals surface area contributed by atoms with Crippen LogP contribution in [0.5, 0.6) is 0 Å². The molecule has 0 spiro atoms. The molecule has 1 N–H and O–H groups in total. The summed E-state index contributed by atoms with van der Waals surface area (Å²) in [5, 5.41) is 4.77. The van der Waals surface area contributed by atoms with Gasteiger partial charge >= 0.3 is 0 Å². The van der Waals surface area contributed by atoms with Crippen molar-refractivity contribution in [1.29, 1.82) is 0 Å². The molecule has 0 atom stereocenters. The second-order valence-electron chi connectivity index (χ2n) is 4.77. The molecule has 19 heavy (non-hydrogen) atoms. The molecule has 0 bridgehead atoms. The monoisotopic (exact) mass is 294 g/mol. The van der Waals surface area contributed by atoms with E-state index in [4.69, 9.17) is 11.6 Å². The number of aryl methyl sites for hydroxylation is 1. The SMILES string of the molecule is Cc1nc(NC2CCCC2)sc1-c1ccnc(Cl)n1. The maximum absolute atomic E-state index is 5.84. The molecule has 0 aliphatic heterocycles. The van der Waals surface area contributed by atoms with Crippen LogP contribution in [0.4, 0.5) is 5.13 Å². The van der Waals surface area contributed by atoms with Crippen LogP contribution >= 0.6 is 22.9 Å². The quantitative estimate of drug-likeness (QED) is 0.872. The Morgan fingerprint density at radius 3 is 2.84 bits per heavy atom. The number of hydrogen-bond donors (Lipinski definition) is 1. The van der Waals surface area contributed by atoms with Crippen LogP contribution in [0.25, 0.3) is 10.6 Å². The Balaban J connectivity index is 1.84. The Kier molecular flexibility index (Phi) is 3.66. The zero-order valence-corrected chi connectivity index (χ0v) is 12.3. The summed E-state index contributed by atoms with van der Waals surface area (Å²) >= 11 is 7.47. The molecule has 100 valence electrons. The zero-order chi connectivity index (χ0) is 13.2. The number of anilines is 1. The maximum Gasteiger partial charge on any atom is 0.222 e. The van der Waals surface area contributed by atoms with Gasteiger partial charge in [-0.1, -0.05) is 24.2 Å². The Hall–Kier alpha value is -1.20. The van der Waals surface area contributed by atoms with Gasteiger partial charge in [0, 0.05) is 12.2 Å². The summed E-state index contributed by atoms with van der Waals surface area (Å²) < 4.78 is 0. The van der Waals surface area contributed by atoms with Crippen molar-refractivity contribution in [2.75, 3.05) is 5.32 Å². The van der Waals surface area contributed by atoms with E-state index >= 15 is 0 Å². The largest absolute Gasteiger partial charge is 0.359 e. The predicted octanol–water partition coefficient (Wildman–Crippen LogP) is 3.92. The topological polar surface area (TPSA) is 50.7 Å². The summed E-state index contributed by atoms with van der Waals surface area (Å²) in [4.78, 5) is 13.8. The van der Waals surface area contributed by atoms with Gasteiger partial charge in [-0.3, -0.25) is 0 Å². The number of halogens is 1. The molecule has 1 aliphatic carbocycles. The summed E-state index contributed by atoms with van der Waals surface area (Å²) in [7, 11) is 0. The summed E-state index contributed by atoms with van der Waals surface area (Å²) in [6.45, 7) is 2.00. The maximum atomic E-state index is 5.84. The number of nitrogens with zero attached hydrogens (tertiary/aromatic N) is 3. The number of rotatable bonds is 3. The minimum absolute atomic E-state index is 0.274. The van der Waals surface area contributed by atoms with E-state index < -0.39 is 0 Å². The molecule has 0 saturated heterocycles. The highest BCUT2D eigenvalue weighted by atomic mass is 35.5. The molecule has 2 aromatic heterocycles. The minimum atomic E-state index is 0.274. The van der Waals surface area contributed by atoms with E-state index in [-0.39, 0.29) is 5.28 Å². The molecule has 0 radical (unpaired) electrons. The van der Waals surface area contributed by atoms with Crippen LogP contribution in [-0.2, 0) is 0 Å². The average Bonchev–Trinajstić information content (AvgIpc) is 3.00. The van der Waals surface area contributed by atoms with E-state index in [2.05, 4.69) is 20.3 Å². The number of thiazole rings is 1. The van der Waals surface area contributed by atoms with Gasteiger partial charge in [0.2, 0.25) is 5.28 Å². The van der Waals surface area contributed by atoms with Gasteiger partial charge in [0.15, 0.2) is 5.13 Å². The molecule has 0 aromatic carbocycles. The molecular weight excluding hydrogens is 280 g/mol. The van der Waals surface area contributed by atoms with Gasteiger partial charge < -0.3 is 5.32 Å². The van der Waals surface area contributed by atoms with Crippen molar-refractivity contribution < 1.29 is 0 Å². The third kappa shape index (κ3) is 2.87. The lowest BCUT2D eigenvalue weighted by Crippen LogP contribution is -2.13. The third-order valence-electron chi connectivity index (χ3n) is 3.34.